The molecule has 0 aliphatic heterocycles. The Morgan fingerprint density at radius 3 is 1.33 bits per heavy atom. The van der Waals surface area contributed by atoms with Crippen LogP contribution in [0, 0.1) is 0 Å². The first kappa shape index (κ1) is 16.3. The van der Waals surface area contributed by atoms with Crippen LogP contribution in [-0.4, -0.2) is 23.4 Å². The summed E-state index contributed by atoms with van der Waals surface area (Å²) in [5.41, 5.74) is -1.23. The van der Waals surface area contributed by atoms with Crippen LogP contribution in [0.4, 0.5) is 9.59 Å². The van der Waals surface area contributed by atoms with Crippen molar-refractivity contribution in [3.8, 4) is 0 Å². The van der Waals surface area contributed by atoms with Crippen LogP contribution in [0.3, 0.4) is 0 Å². The van der Waals surface area contributed by atoms with Gasteiger partial charge in [0.1, 0.15) is 17.0 Å². The van der Waals surface area contributed by atoms with Gasteiger partial charge in [-0.05, 0) is 41.5 Å². The monoisotopic (exact) mass is 258 g/mol. The van der Waals surface area contributed by atoms with Crippen LogP contribution >= 0.6 is 0 Å². The van der Waals surface area contributed by atoms with E-state index >= 15 is 0 Å². The molecule has 0 aromatic heterocycles. The molecule has 18 heavy (non-hydrogen) atoms. The molecule has 0 atom stereocenters. The molecule has 0 unspecified atom stereocenters. The summed E-state index contributed by atoms with van der Waals surface area (Å²) in [6.45, 7) is 13.9. The summed E-state index contributed by atoms with van der Waals surface area (Å²) in [6, 6.07) is 0. The fraction of sp³-hybridized carbons (Fsp3) is 0.667. The van der Waals surface area contributed by atoms with Gasteiger partial charge in [-0.2, -0.15) is 0 Å². The predicted octanol–water partition coefficient (Wildman–Crippen LogP) is 2.51. The molecule has 0 radical (unpaired) electrons. The lowest BCUT2D eigenvalue weighted by atomic mass is 10.2. The van der Waals surface area contributed by atoms with Gasteiger partial charge in [0.2, 0.25) is 0 Å². The zero-order valence-corrected chi connectivity index (χ0v) is 11.8. The van der Waals surface area contributed by atoms with Crippen molar-refractivity contribution in [3.05, 3.63) is 12.4 Å². The van der Waals surface area contributed by atoms with Gasteiger partial charge < -0.3 is 9.47 Å². The van der Waals surface area contributed by atoms with E-state index in [0.717, 1.165) is 0 Å². The first-order valence-corrected chi connectivity index (χ1v) is 5.58. The van der Waals surface area contributed by atoms with Crippen molar-refractivity contribution in [1.82, 2.24) is 10.6 Å². The topological polar surface area (TPSA) is 76.7 Å². The third-order valence-electron chi connectivity index (χ3n) is 1.30. The number of carbonyl (C=O) groups is 2. The summed E-state index contributed by atoms with van der Waals surface area (Å²) in [7, 11) is 0. The molecule has 0 heterocycles. The number of hydrogen-bond donors (Lipinski definition) is 2. The molecule has 0 aromatic carbocycles. The highest BCUT2D eigenvalue weighted by atomic mass is 16.6. The molecule has 0 aliphatic carbocycles. The fourth-order valence-electron chi connectivity index (χ4n) is 0.885. The maximum absolute atomic E-state index is 11.3. The predicted molar refractivity (Wildman–Crippen MR) is 67.9 cm³/mol. The van der Waals surface area contributed by atoms with Crippen LogP contribution in [-0.2, 0) is 9.47 Å². The Morgan fingerprint density at radius 2 is 1.11 bits per heavy atom. The van der Waals surface area contributed by atoms with E-state index < -0.39 is 23.4 Å². The molecule has 6 heteroatoms. The van der Waals surface area contributed by atoms with Crippen molar-refractivity contribution < 1.29 is 19.1 Å². The van der Waals surface area contributed by atoms with Gasteiger partial charge in [-0.25, -0.2) is 9.59 Å². The van der Waals surface area contributed by atoms with Crippen LogP contribution < -0.4 is 10.6 Å². The van der Waals surface area contributed by atoms with Gasteiger partial charge >= 0.3 is 12.2 Å². The molecule has 0 bridgehead atoms. The number of alkyl carbamates (subject to hydrolysis) is 2. The van der Waals surface area contributed by atoms with Crippen LogP contribution in [0.5, 0.6) is 0 Å². The normalized spacial score (nSPS) is 11.4. The molecule has 0 saturated carbocycles. The molecule has 0 saturated heterocycles. The summed E-state index contributed by atoms with van der Waals surface area (Å²) in [6.07, 6.45) is -1.38. The van der Waals surface area contributed by atoms with Gasteiger partial charge in [-0.15, -0.1) is 0 Å². The summed E-state index contributed by atoms with van der Waals surface area (Å²) in [5, 5.41) is 4.57. The molecule has 0 aromatic rings. The molecular formula is C12H22N2O4. The summed E-state index contributed by atoms with van der Waals surface area (Å²) >= 11 is 0. The number of rotatable bonds is 2. The molecule has 2 N–H and O–H groups in total. The Morgan fingerprint density at radius 1 is 0.833 bits per heavy atom. The quantitative estimate of drug-likeness (QED) is 0.797. The van der Waals surface area contributed by atoms with Crippen molar-refractivity contribution in [2.24, 2.45) is 0 Å². The molecular weight excluding hydrogens is 236 g/mol. The number of ether oxygens (including phenoxy) is 2. The highest BCUT2D eigenvalue weighted by Crippen LogP contribution is 2.08. The van der Waals surface area contributed by atoms with E-state index in [9.17, 15) is 9.59 Å². The highest BCUT2D eigenvalue weighted by Gasteiger charge is 2.19. The second-order valence-corrected chi connectivity index (χ2v) is 5.73. The largest absolute Gasteiger partial charge is 0.444 e. The van der Waals surface area contributed by atoms with E-state index in [0.29, 0.717) is 0 Å². The first-order valence-electron chi connectivity index (χ1n) is 5.58. The van der Waals surface area contributed by atoms with Crippen molar-refractivity contribution in [2.45, 2.75) is 52.7 Å². The van der Waals surface area contributed by atoms with Crippen LogP contribution in [0.1, 0.15) is 41.5 Å². The Kier molecular flexibility index (Phi) is 5.20. The lowest BCUT2D eigenvalue weighted by Gasteiger charge is -2.22. The van der Waals surface area contributed by atoms with E-state index in [1.165, 1.54) is 0 Å². The van der Waals surface area contributed by atoms with E-state index in [2.05, 4.69) is 17.2 Å². The molecule has 0 rings (SSSR count). The lowest BCUT2D eigenvalue weighted by molar-refractivity contribution is 0.0510. The second kappa shape index (κ2) is 5.75. The molecule has 2 amide bonds. The van der Waals surface area contributed by atoms with E-state index in [-0.39, 0.29) is 5.82 Å². The van der Waals surface area contributed by atoms with Crippen LogP contribution in [0.25, 0.3) is 0 Å². The van der Waals surface area contributed by atoms with E-state index in [1.54, 1.807) is 41.5 Å². The number of amides is 2. The fourth-order valence-corrected chi connectivity index (χ4v) is 0.885. The van der Waals surface area contributed by atoms with Crippen molar-refractivity contribution >= 4 is 12.2 Å². The Hall–Kier alpha value is -1.72. The smallest absolute Gasteiger partial charge is 0.413 e. The van der Waals surface area contributed by atoms with Gasteiger partial charge in [0, 0.05) is 0 Å². The Balaban J connectivity index is 4.13. The molecule has 104 valence electrons. The van der Waals surface area contributed by atoms with Crippen molar-refractivity contribution in [1.29, 1.82) is 0 Å². The Bertz CT molecular complexity index is 305. The standard InChI is InChI=1S/C12H22N2O4/c1-8(13-9(15)17-11(2,3)4)14-10(16)18-12(5,6)7/h1H2,2-7H3,(H,13,15)(H,14,16). The molecule has 0 aliphatic rings. The number of hydrogen-bond acceptors (Lipinski definition) is 4. The van der Waals surface area contributed by atoms with Gasteiger partial charge in [-0.3, -0.25) is 10.6 Å². The second-order valence-electron chi connectivity index (χ2n) is 5.73. The molecule has 0 fully saturated rings. The zero-order chi connectivity index (χ0) is 14.6. The maximum atomic E-state index is 11.3. The zero-order valence-electron chi connectivity index (χ0n) is 11.8. The number of nitrogens with one attached hydrogen (secondary N) is 2. The molecule has 0 spiro atoms. The minimum atomic E-state index is -0.691. The third kappa shape index (κ3) is 9.50. The van der Waals surface area contributed by atoms with Gasteiger partial charge in [0.15, 0.2) is 0 Å². The first-order chi connectivity index (χ1) is 7.89. The van der Waals surface area contributed by atoms with E-state index in [1.807, 2.05) is 0 Å². The van der Waals surface area contributed by atoms with Gasteiger partial charge in [-0.1, -0.05) is 6.58 Å². The average molecular weight is 258 g/mol. The summed E-state index contributed by atoms with van der Waals surface area (Å²) in [5.74, 6) is -0.00139. The van der Waals surface area contributed by atoms with Gasteiger partial charge in [0.25, 0.3) is 0 Å². The average Bonchev–Trinajstić information content (AvgIpc) is 1.92. The third-order valence-corrected chi connectivity index (χ3v) is 1.30. The minimum Gasteiger partial charge on any atom is -0.444 e. The van der Waals surface area contributed by atoms with E-state index in [4.69, 9.17) is 9.47 Å². The van der Waals surface area contributed by atoms with Crippen LogP contribution in [0.15, 0.2) is 12.4 Å². The maximum Gasteiger partial charge on any atom is 0.413 e. The number of carbonyl (C=O) groups excluding carboxylic acids is 2. The Labute approximate surface area is 108 Å². The van der Waals surface area contributed by atoms with Crippen molar-refractivity contribution in [2.75, 3.05) is 0 Å². The summed E-state index contributed by atoms with van der Waals surface area (Å²) in [4.78, 5) is 22.7. The van der Waals surface area contributed by atoms with Gasteiger partial charge in [0.05, 0.1) is 0 Å². The lowest BCUT2D eigenvalue weighted by Crippen LogP contribution is -2.39. The van der Waals surface area contributed by atoms with Crippen molar-refractivity contribution in [3.63, 3.8) is 0 Å². The van der Waals surface area contributed by atoms with Crippen LogP contribution in [0.2, 0.25) is 0 Å². The minimum absolute atomic E-state index is 0.00139. The molecule has 6 nitrogen and oxygen atoms in total. The summed E-state index contributed by atoms with van der Waals surface area (Å²) < 4.78 is 9.98. The SMILES string of the molecule is C=C(NC(=O)OC(C)(C)C)NC(=O)OC(C)(C)C. The highest BCUT2D eigenvalue weighted by molar-refractivity contribution is 5.74.